The van der Waals surface area contributed by atoms with E-state index >= 15 is 0 Å². The fourth-order valence-electron chi connectivity index (χ4n) is 1.60. The lowest BCUT2D eigenvalue weighted by atomic mass is 10.1. The number of aryl methyl sites for hydroxylation is 2. The first-order valence-corrected chi connectivity index (χ1v) is 5.36. The van der Waals surface area contributed by atoms with E-state index in [2.05, 4.69) is 0 Å². The molecule has 0 saturated heterocycles. The molecule has 0 radical (unpaired) electrons. The molecule has 1 rings (SSSR count). The highest BCUT2D eigenvalue weighted by Crippen LogP contribution is 2.26. The van der Waals surface area contributed by atoms with Gasteiger partial charge >= 0.3 is 6.18 Å². The van der Waals surface area contributed by atoms with Crippen LogP contribution in [0.5, 0.6) is 5.75 Å². The van der Waals surface area contributed by atoms with Crippen LogP contribution in [-0.4, -0.2) is 18.6 Å². The molecule has 0 bridgehead atoms. The Morgan fingerprint density at radius 1 is 1.28 bits per heavy atom. The minimum absolute atomic E-state index is 0.0805. The molecule has 3 nitrogen and oxygen atoms in total. The van der Waals surface area contributed by atoms with Crippen molar-refractivity contribution < 1.29 is 17.9 Å². The molecule has 100 valence electrons. The second-order valence-electron chi connectivity index (χ2n) is 4.07. The van der Waals surface area contributed by atoms with Gasteiger partial charge in [0, 0.05) is 5.56 Å². The lowest BCUT2D eigenvalue weighted by Crippen LogP contribution is -2.15. The van der Waals surface area contributed by atoms with Crippen LogP contribution in [0.3, 0.4) is 0 Å². The molecule has 3 N–H and O–H groups in total. The summed E-state index contributed by atoms with van der Waals surface area (Å²) >= 11 is 0. The number of amidine groups is 1. The van der Waals surface area contributed by atoms with Gasteiger partial charge in [-0.25, -0.2) is 0 Å². The number of hydrogen-bond acceptors (Lipinski definition) is 2. The third-order valence-corrected chi connectivity index (χ3v) is 2.40. The SMILES string of the molecule is Cc1cc(C(=N)N)cc(C)c1OCCC(F)(F)F. The molecule has 0 aliphatic carbocycles. The summed E-state index contributed by atoms with van der Waals surface area (Å²) in [5.74, 6) is 0.340. The van der Waals surface area contributed by atoms with E-state index in [1.54, 1.807) is 26.0 Å². The molecule has 0 atom stereocenters. The molecular formula is C12H15F3N2O. The van der Waals surface area contributed by atoms with Crippen molar-refractivity contribution in [1.82, 2.24) is 0 Å². The maximum absolute atomic E-state index is 12.0. The van der Waals surface area contributed by atoms with Gasteiger partial charge in [0.15, 0.2) is 0 Å². The van der Waals surface area contributed by atoms with Crippen molar-refractivity contribution in [3.8, 4) is 5.75 Å². The molecule has 18 heavy (non-hydrogen) atoms. The van der Waals surface area contributed by atoms with Crippen LogP contribution >= 0.6 is 0 Å². The van der Waals surface area contributed by atoms with E-state index in [1.807, 2.05) is 0 Å². The molecule has 1 aromatic carbocycles. The third-order valence-electron chi connectivity index (χ3n) is 2.40. The molecule has 0 aromatic heterocycles. The van der Waals surface area contributed by atoms with Crippen molar-refractivity contribution in [2.75, 3.05) is 6.61 Å². The molecule has 0 saturated carbocycles. The molecule has 0 aliphatic rings. The van der Waals surface area contributed by atoms with Gasteiger partial charge in [0.2, 0.25) is 0 Å². The van der Waals surface area contributed by atoms with Gasteiger partial charge in [-0.3, -0.25) is 5.41 Å². The summed E-state index contributed by atoms with van der Waals surface area (Å²) in [6.45, 7) is 3.01. The van der Waals surface area contributed by atoms with Gasteiger partial charge in [-0.1, -0.05) is 0 Å². The summed E-state index contributed by atoms with van der Waals surface area (Å²) in [6, 6.07) is 3.25. The smallest absolute Gasteiger partial charge is 0.392 e. The maximum atomic E-state index is 12.0. The minimum Gasteiger partial charge on any atom is -0.493 e. The van der Waals surface area contributed by atoms with E-state index in [0.717, 1.165) is 0 Å². The van der Waals surface area contributed by atoms with Crippen molar-refractivity contribution in [3.63, 3.8) is 0 Å². The van der Waals surface area contributed by atoms with E-state index in [1.165, 1.54) is 0 Å². The van der Waals surface area contributed by atoms with Gasteiger partial charge < -0.3 is 10.5 Å². The molecule has 0 heterocycles. The molecule has 0 spiro atoms. The predicted molar refractivity (Wildman–Crippen MR) is 63.1 cm³/mol. The largest absolute Gasteiger partial charge is 0.493 e. The normalized spacial score (nSPS) is 11.4. The fraction of sp³-hybridized carbons (Fsp3) is 0.417. The summed E-state index contributed by atoms with van der Waals surface area (Å²) in [5.41, 5.74) is 7.23. The first-order chi connectivity index (χ1) is 8.20. The van der Waals surface area contributed by atoms with Crippen LogP contribution in [0.1, 0.15) is 23.1 Å². The Hall–Kier alpha value is -1.72. The van der Waals surface area contributed by atoms with Crippen LogP contribution in [-0.2, 0) is 0 Å². The number of nitrogens with two attached hydrogens (primary N) is 1. The Morgan fingerprint density at radius 3 is 2.17 bits per heavy atom. The van der Waals surface area contributed by atoms with Crippen LogP contribution in [0.2, 0.25) is 0 Å². The zero-order valence-electron chi connectivity index (χ0n) is 10.2. The van der Waals surface area contributed by atoms with Crippen LogP contribution in [0.4, 0.5) is 13.2 Å². The number of hydrogen-bond donors (Lipinski definition) is 2. The molecule has 0 unspecified atom stereocenters. The van der Waals surface area contributed by atoms with Crippen molar-refractivity contribution in [3.05, 3.63) is 28.8 Å². The summed E-state index contributed by atoms with van der Waals surface area (Å²) in [4.78, 5) is 0. The molecule has 0 fully saturated rings. The average Bonchev–Trinajstić information content (AvgIpc) is 2.20. The number of benzene rings is 1. The third kappa shape index (κ3) is 3.94. The number of nitrogens with one attached hydrogen (secondary N) is 1. The average molecular weight is 260 g/mol. The van der Waals surface area contributed by atoms with Crippen LogP contribution in [0.25, 0.3) is 0 Å². The molecular weight excluding hydrogens is 245 g/mol. The number of alkyl halides is 3. The molecule has 1 aromatic rings. The minimum atomic E-state index is -4.22. The van der Waals surface area contributed by atoms with Crippen molar-refractivity contribution in [1.29, 1.82) is 5.41 Å². The second-order valence-corrected chi connectivity index (χ2v) is 4.07. The second kappa shape index (κ2) is 5.29. The van der Waals surface area contributed by atoms with Crippen molar-refractivity contribution in [2.45, 2.75) is 26.4 Å². The van der Waals surface area contributed by atoms with Gasteiger partial charge in [-0.2, -0.15) is 13.2 Å². The van der Waals surface area contributed by atoms with Gasteiger partial charge in [-0.15, -0.1) is 0 Å². The lowest BCUT2D eigenvalue weighted by Gasteiger charge is -2.14. The highest BCUT2D eigenvalue weighted by Gasteiger charge is 2.27. The summed E-state index contributed by atoms with van der Waals surface area (Å²) in [5, 5.41) is 7.31. The topological polar surface area (TPSA) is 59.1 Å². The monoisotopic (exact) mass is 260 g/mol. The van der Waals surface area contributed by atoms with E-state index in [4.69, 9.17) is 15.9 Å². The Morgan fingerprint density at radius 2 is 1.78 bits per heavy atom. The molecule has 0 amide bonds. The summed E-state index contributed by atoms with van der Waals surface area (Å²) < 4.78 is 41.2. The quantitative estimate of drug-likeness (QED) is 0.646. The number of nitrogen functional groups attached to an aromatic ring is 1. The maximum Gasteiger partial charge on any atom is 0.392 e. The molecule has 6 heteroatoms. The Balaban J connectivity index is 2.81. The van der Waals surface area contributed by atoms with E-state index in [9.17, 15) is 13.2 Å². The summed E-state index contributed by atoms with van der Waals surface area (Å²) in [7, 11) is 0. The highest BCUT2D eigenvalue weighted by molar-refractivity contribution is 5.95. The Bertz CT molecular complexity index is 432. The van der Waals surface area contributed by atoms with Gasteiger partial charge in [0.1, 0.15) is 11.6 Å². The summed E-state index contributed by atoms with van der Waals surface area (Å²) in [6.07, 6.45) is -5.21. The van der Waals surface area contributed by atoms with Crippen molar-refractivity contribution >= 4 is 5.84 Å². The number of ether oxygens (including phenoxy) is 1. The first-order valence-electron chi connectivity index (χ1n) is 5.36. The molecule has 0 aliphatic heterocycles. The number of halogens is 3. The highest BCUT2D eigenvalue weighted by atomic mass is 19.4. The predicted octanol–water partition coefficient (Wildman–Crippen LogP) is 2.92. The van der Waals surface area contributed by atoms with Crippen molar-refractivity contribution in [2.24, 2.45) is 5.73 Å². The lowest BCUT2D eigenvalue weighted by molar-refractivity contribution is -0.139. The number of rotatable bonds is 4. The van der Waals surface area contributed by atoms with E-state index < -0.39 is 19.2 Å². The van der Waals surface area contributed by atoms with Crippen LogP contribution < -0.4 is 10.5 Å². The Labute approximate surface area is 103 Å². The zero-order valence-corrected chi connectivity index (χ0v) is 10.2. The van der Waals surface area contributed by atoms with Crippen LogP contribution in [0.15, 0.2) is 12.1 Å². The van der Waals surface area contributed by atoms with Crippen LogP contribution in [0, 0.1) is 19.3 Å². The Kier molecular flexibility index (Phi) is 4.21. The van der Waals surface area contributed by atoms with Gasteiger partial charge in [0.05, 0.1) is 13.0 Å². The van der Waals surface area contributed by atoms with Gasteiger partial charge in [-0.05, 0) is 37.1 Å². The fourth-order valence-corrected chi connectivity index (χ4v) is 1.60. The first kappa shape index (κ1) is 14.3. The van der Waals surface area contributed by atoms with E-state index in [-0.39, 0.29) is 5.84 Å². The van der Waals surface area contributed by atoms with E-state index in [0.29, 0.717) is 22.4 Å². The zero-order chi connectivity index (χ0) is 13.9. The standard InChI is InChI=1S/C12H15F3N2O/c1-7-5-9(11(16)17)6-8(2)10(7)18-4-3-12(13,14)15/h5-6H,3-4H2,1-2H3,(H3,16,17). The van der Waals surface area contributed by atoms with Gasteiger partial charge in [0.25, 0.3) is 0 Å².